The molecular weight excluding hydrogens is 258 g/mol. The predicted octanol–water partition coefficient (Wildman–Crippen LogP) is 3.89. The van der Waals surface area contributed by atoms with Gasteiger partial charge >= 0.3 is 0 Å². The number of hydrogen-bond acceptors (Lipinski definition) is 1. The van der Waals surface area contributed by atoms with Gasteiger partial charge in [-0.05, 0) is 43.7 Å². The van der Waals surface area contributed by atoms with E-state index in [-0.39, 0.29) is 5.91 Å². The molecule has 98 valence electrons. The van der Waals surface area contributed by atoms with Crippen molar-refractivity contribution in [1.82, 2.24) is 5.32 Å². The summed E-state index contributed by atoms with van der Waals surface area (Å²) in [5, 5.41) is 3.61. The van der Waals surface area contributed by atoms with Crippen molar-refractivity contribution >= 4 is 17.5 Å². The third-order valence-electron chi connectivity index (χ3n) is 2.85. The Hall–Kier alpha value is -1.80. The Balaban J connectivity index is 2.03. The van der Waals surface area contributed by atoms with Gasteiger partial charge in [0.25, 0.3) is 5.91 Å². The highest BCUT2D eigenvalue weighted by molar-refractivity contribution is 6.30. The minimum Gasteiger partial charge on any atom is -0.348 e. The van der Waals surface area contributed by atoms with E-state index in [9.17, 15) is 4.79 Å². The first-order valence-corrected chi connectivity index (χ1v) is 6.53. The number of aryl methyl sites for hydroxylation is 2. The van der Waals surface area contributed by atoms with Gasteiger partial charge < -0.3 is 5.32 Å². The highest BCUT2D eigenvalue weighted by Gasteiger charge is 2.06. The second-order valence-electron chi connectivity index (χ2n) is 4.69. The van der Waals surface area contributed by atoms with Crippen LogP contribution in [-0.2, 0) is 6.54 Å². The lowest BCUT2D eigenvalue weighted by atomic mass is 10.1. The van der Waals surface area contributed by atoms with E-state index in [0.29, 0.717) is 17.1 Å². The third-order valence-corrected chi connectivity index (χ3v) is 3.10. The van der Waals surface area contributed by atoms with Crippen molar-refractivity contribution in [3.8, 4) is 0 Å². The van der Waals surface area contributed by atoms with E-state index in [4.69, 9.17) is 11.6 Å². The maximum absolute atomic E-state index is 12.1. The number of carbonyl (C=O) groups is 1. The zero-order valence-electron chi connectivity index (χ0n) is 11.0. The minimum atomic E-state index is -0.0539. The van der Waals surface area contributed by atoms with Gasteiger partial charge in [0.05, 0.1) is 0 Å². The fourth-order valence-corrected chi connectivity index (χ4v) is 2.12. The number of nitrogens with one attached hydrogen (secondary N) is 1. The van der Waals surface area contributed by atoms with Gasteiger partial charge in [-0.1, -0.05) is 40.9 Å². The van der Waals surface area contributed by atoms with Crippen molar-refractivity contribution in [3.05, 3.63) is 69.7 Å². The normalized spacial score (nSPS) is 10.3. The molecule has 3 heteroatoms. The molecule has 0 saturated carbocycles. The Bertz CT molecular complexity index is 570. The second kappa shape index (κ2) is 5.89. The van der Waals surface area contributed by atoms with Gasteiger partial charge in [-0.25, -0.2) is 0 Å². The number of hydrogen-bond donors (Lipinski definition) is 1. The summed E-state index contributed by atoms with van der Waals surface area (Å²) in [6.45, 7) is 4.48. The Kier molecular flexibility index (Phi) is 4.23. The van der Waals surface area contributed by atoms with Gasteiger partial charge in [-0.3, -0.25) is 4.79 Å². The van der Waals surface area contributed by atoms with Crippen LogP contribution in [0.2, 0.25) is 5.02 Å². The molecule has 0 bridgehead atoms. The first kappa shape index (κ1) is 13.6. The van der Waals surface area contributed by atoms with Gasteiger partial charge in [0.15, 0.2) is 0 Å². The summed E-state index contributed by atoms with van der Waals surface area (Å²) in [5.74, 6) is -0.0539. The summed E-state index contributed by atoms with van der Waals surface area (Å²) >= 11 is 5.82. The SMILES string of the molecule is Cc1cc(C)cc(C(=O)NCc2ccc(Cl)cc2)c1. The molecule has 0 aromatic heterocycles. The van der Waals surface area contributed by atoms with Crippen molar-refractivity contribution in [2.45, 2.75) is 20.4 Å². The lowest BCUT2D eigenvalue weighted by molar-refractivity contribution is 0.0950. The molecule has 2 nitrogen and oxygen atoms in total. The van der Waals surface area contributed by atoms with E-state index in [1.54, 1.807) is 0 Å². The number of amides is 1. The number of carbonyl (C=O) groups excluding carboxylic acids is 1. The Labute approximate surface area is 118 Å². The van der Waals surface area contributed by atoms with Gasteiger partial charge in [-0.15, -0.1) is 0 Å². The van der Waals surface area contributed by atoms with Crippen LogP contribution in [0.4, 0.5) is 0 Å². The summed E-state index contributed by atoms with van der Waals surface area (Å²) in [6.07, 6.45) is 0. The van der Waals surface area contributed by atoms with Crippen LogP contribution in [0.3, 0.4) is 0 Å². The maximum atomic E-state index is 12.1. The van der Waals surface area contributed by atoms with Crippen LogP contribution >= 0.6 is 11.6 Å². The summed E-state index contributed by atoms with van der Waals surface area (Å²) in [5.41, 5.74) is 3.92. The number of benzene rings is 2. The molecule has 0 atom stereocenters. The second-order valence-corrected chi connectivity index (χ2v) is 5.12. The summed E-state index contributed by atoms with van der Waals surface area (Å²) in [7, 11) is 0. The zero-order valence-corrected chi connectivity index (χ0v) is 11.8. The highest BCUT2D eigenvalue weighted by Crippen LogP contribution is 2.11. The van der Waals surface area contributed by atoms with Crippen molar-refractivity contribution in [2.24, 2.45) is 0 Å². The monoisotopic (exact) mass is 273 g/mol. The average molecular weight is 274 g/mol. The Morgan fingerprint density at radius 2 is 1.63 bits per heavy atom. The molecule has 2 aromatic rings. The molecule has 19 heavy (non-hydrogen) atoms. The molecule has 0 fully saturated rings. The molecule has 2 rings (SSSR count). The molecule has 0 aliphatic rings. The smallest absolute Gasteiger partial charge is 0.251 e. The Morgan fingerprint density at radius 3 is 2.21 bits per heavy atom. The van der Waals surface area contributed by atoms with Crippen LogP contribution in [-0.4, -0.2) is 5.91 Å². The van der Waals surface area contributed by atoms with E-state index in [1.165, 1.54) is 0 Å². The predicted molar refractivity (Wildman–Crippen MR) is 78.5 cm³/mol. The maximum Gasteiger partial charge on any atom is 0.251 e. The lowest BCUT2D eigenvalue weighted by Crippen LogP contribution is -2.22. The standard InChI is InChI=1S/C16H16ClNO/c1-11-7-12(2)9-14(8-11)16(19)18-10-13-3-5-15(17)6-4-13/h3-9H,10H2,1-2H3,(H,18,19). The van der Waals surface area contributed by atoms with Crippen LogP contribution in [0.15, 0.2) is 42.5 Å². The molecule has 2 aromatic carbocycles. The van der Waals surface area contributed by atoms with Crippen LogP contribution in [0.25, 0.3) is 0 Å². The number of rotatable bonds is 3. The van der Waals surface area contributed by atoms with Crippen LogP contribution in [0, 0.1) is 13.8 Å². The first-order valence-electron chi connectivity index (χ1n) is 6.15. The topological polar surface area (TPSA) is 29.1 Å². The third kappa shape index (κ3) is 3.83. The molecule has 0 unspecified atom stereocenters. The van der Waals surface area contributed by atoms with Crippen molar-refractivity contribution in [2.75, 3.05) is 0 Å². The van der Waals surface area contributed by atoms with E-state index in [0.717, 1.165) is 16.7 Å². The molecule has 1 N–H and O–H groups in total. The number of halogens is 1. The quantitative estimate of drug-likeness (QED) is 0.903. The first-order chi connectivity index (χ1) is 9.04. The van der Waals surface area contributed by atoms with E-state index in [1.807, 2.05) is 50.2 Å². The minimum absolute atomic E-state index is 0.0539. The van der Waals surface area contributed by atoms with Crippen molar-refractivity contribution in [3.63, 3.8) is 0 Å². The van der Waals surface area contributed by atoms with E-state index >= 15 is 0 Å². The van der Waals surface area contributed by atoms with Crippen molar-refractivity contribution in [1.29, 1.82) is 0 Å². The average Bonchev–Trinajstić information content (AvgIpc) is 2.36. The fourth-order valence-electron chi connectivity index (χ4n) is 1.99. The zero-order chi connectivity index (χ0) is 13.8. The van der Waals surface area contributed by atoms with Crippen LogP contribution < -0.4 is 5.32 Å². The fraction of sp³-hybridized carbons (Fsp3) is 0.188. The van der Waals surface area contributed by atoms with Gasteiger partial charge in [0.2, 0.25) is 0 Å². The molecule has 0 aliphatic heterocycles. The lowest BCUT2D eigenvalue weighted by Gasteiger charge is -2.07. The molecule has 1 amide bonds. The molecular formula is C16H16ClNO. The van der Waals surface area contributed by atoms with Gasteiger partial charge in [0.1, 0.15) is 0 Å². The summed E-state index contributed by atoms with van der Waals surface area (Å²) in [6, 6.07) is 13.3. The van der Waals surface area contributed by atoms with Gasteiger partial charge in [0, 0.05) is 17.1 Å². The molecule has 0 aliphatic carbocycles. The van der Waals surface area contributed by atoms with E-state index < -0.39 is 0 Å². The highest BCUT2D eigenvalue weighted by atomic mass is 35.5. The van der Waals surface area contributed by atoms with Crippen LogP contribution in [0.1, 0.15) is 27.0 Å². The van der Waals surface area contributed by atoms with Crippen molar-refractivity contribution < 1.29 is 4.79 Å². The molecule has 0 radical (unpaired) electrons. The largest absolute Gasteiger partial charge is 0.348 e. The van der Waals surface area contributed by atoms with Crippen LogP contribution in [0.5, 0.6) is 0 Å². The molecule has 0 saturated heterocycles. The summed E-state index contributed by atoms with van der Waals surface area (Å²) < 4.78 is 0. The molecule has 0 heterocycles. The van der Waals surface area contributed by atoms with Gasteiger partial charge in [-0.2, -0.15) is 0 Å². The van der Waals surface area contributed by atoms with E-state index in [2.05, 4.69) is 11.4 Å². The summed E-state index contributed by atoms with van der Waals surface area (Å²) in [4.78, 5) is 12.1. The Morgan fingerprint density at radius 1 is 1.05 bits per heavy atom. The molecule has 0 spiro atoms.